The Morgan fingerprint density at radius 1 is 1.06 bits per heavy atom. The molecule has 1 fully saturated rings. The third kappa shape index (κ3) is 11.8. The minimum Gasteiger partial charge on any atom is -0.465 e. The Morgan fingerprint density at radius 2 is 1.75 bits per heavy atom. The number of ether oxygens (including phenoxy) is 4. The van der Waals surface area contributed by atoms with Crippen molar-refractivity contribution in [3.8, 4) is 0 Å². The molecule has 200 valence electrons. The molecule has 0 radical (unpaired) electrons. The van der Waals surface area contributed by atoms with E-state index >= 15 is 0 Å². The maximum Gasteiger partial charge on any atom is 0.370 e. The van der Waals surface area contributed by atoms with Crippen LogP contribution in [0.2, 0.25) is 0 Å². The van der Waals surface area contributed by atoms with E-state index in [0.717, 1.165) is 51.0 Å². The molecule has 11 heteroatoms. The van der Waals surface area contributed by atoms with E-state index < -0.39 is 34.7 Å². The number of benzene rings is 1. The summed E-state index contributed by atoms with van der Waals surface area (Å²) in [5.41, 5.74) is 0.335. The van der Waals surface area contributed by atoms with Crippen LogP contribution in [-0.2, 0) is 28.5 Å². The maximum absolute atomic E-state index is 12.7. The number of hydrogen-bond donors (Lipinski definition) is 1. The Morgan fingerprint density at radius 3 is 2.42 bits per heavy atom. The van der Waals surface area contributed by atoms with Crippen molar-refractivity contribution in [1.82, 2.24) is 4.90 Å². The lowest BCUT2D eigenvalue weighted by molar-refractivity contribution is -0.149. The Hall–Kier alpha value is -2.08. The Bertz CT molecular complexity index is 853. The molecule has 1 atom stereocenters. The standard InChI is InChI=1S/C25H35NO8S2/c1-25(2,35)21(27)16-20(23(29)32-13-7-6-10-26-11-14-31-15-12-26)17-36-24(30)34-18-33-22(28)19-8-4-3-5-9-19/h3-5,8-9,20,35H,6-7,10-18H2,1-2H3/t20-/m0/s1. The summed E-state index contributed by atoms with van der Waals surface area (Å²) in [5, 5.41) is -0.725. The first-order valence-corrected chi connectivity index (χ1v) is 13.3. The molecule has 1 aromatic carbocycles. The largest absolute Gasteiger partial charge is 0.465 e. The molecule has 36 heavy (non-hydrogen) atoms. The summed E-state index contributed by atoms with van der Waals surface area (Å²) in [6.45, 7) is 7.17. The second kappa shape index (κ2) is 15.9. The third-order valence-corrected chi connectivity index (χ3v) is 6.61. The molecule has 0 bridgehead atoms. The Kier molecular flexibility index (Phi) is 13.3. The van der Waals surface area contributed by atoms with Crippen LogP contribution in [0.25, 0.3) is 0 Å². The highest BCUT2D eigenvalue weighted by atomic mass is 32.2. The minimum atomic E-state index is -0.923. The number of esters is 2. The third-order valence-electron chi connectivity index (χ3n) is 5.44. The van der Waals surface area contributed by atoms with E-state index in [-0.39, 0.29) is 24.6 Å². The monoisotopic (exact) mass is 541 g/mol. The first kappa shape index (κ1) is 30.1. The number of Topliss-reactive ketones (excluding diaryl/α,β-unsaturated/α-hetero) is 1. The summed E-state index contributed by atoms with van der Waals surface area (Å²) in [6.07, 6.45) is 1.47. The molecule has 0 unspecified atom stereocenters. The van der Waals surface area contributed by atoms with Gasteiger partial charge in [-0.2, -0.15) is 12.6 Å². The highest BCUT2D eigenvalue weighted by Gasteiger charge is 2.31. The van der Waals surface area contributed by atoms with Gasteiger partial charge in [0, 0.05) is 25.3 Å². The van der Waals surface area contributed by atoms with Gasteiger partial charge in [0.15, 0.2) is 0 Å². The van der Waals surface area contributed by atoms with Crippen molar-refractivity contribution < 1.29 is 38.1 Å². The number of unbranched alkanes of at least 4 members (excludes halogenated alkanes) is 1. The summed E-state index contributed by atoms with van der Waals surface area (Å²) in [5.74, 6) is -2.22. The average molecular weight is 542 g/mol. The number of hydrogen-bond acceptors (Lipinski definition) is 11. The van der Waals surface area contributed by atoms with Gasteiger partial charge in [-0.3, -0.25) is 14.5 Å². The van der Waals surface area contributed by atoms with Crippen molar-refractivity contribution in [3.05, 3.63) is 35.9 Å². The predicted molar refractivity (Wildman–Crippen MR) is 139 cm³/mol. The molecule has 1 saturated heterocycles. The van der Waals surface area contributed by atoms with Crippen LogP contribution < -0.4 is 0 Å². The van der Waals surface area contributed by atoms with E-state index in [2.05, 4.69) is 17.5 Å². The van der Waals surface area contributed by atoms with Crippen LogP contribution in [0, 0.1) is 5.92 Å². The van der Waals surface area contributed by atoms with E-state index in [1.165, 1.54) is 0 Å². The fourth-order valence-electron chi connectivity index (χ4n) is 3.24. The van der Waals surface area contributed by atoms with E-state index in [1.807, 2.05) is 0 Å². The van der Waals surface area contributed by atoms with Gasteiger partial charge in [-0.1, -0.05) is 18.2 Å². The molecule has 0 aromatic heterocycles. The molecule has 1 heterocycles. The zero-order valence-electron chi connectivity index (χ0n) is 20.8. The van der Waals surface area contributed by atoms with E-state index in [4.69, 9.17) is 18.9 Å². The van der Waals surface area contributed by atoms with E-state index in [9.17, 15) is 19.2 Å². The van der Waals surface area contributed by atoms with Gasteiger partial charge >= 0.3 is 17.2 Å². The molecule has 2 rings (SSSR count). The zero-order chi connectivity index (χ0) is 26.4. The quantitative estimate of drug-likeness (QED) is 0.162. The topological polar surface area (TPSA) is 108 Å². The van der Waals surface area contributed by atoms with Crippen molar-refractivity contribution in [2.45, 2.75) is 37.9 Å². The number of morpholine rings is 1. The molecule has 1 aliphatic heterocycles. The Labute approximate surface area is 221 Å². The summed E-state index contributed by atoms with van der Waals surface area (Å²) in [7, 11) is 0. The molecule has 1 aliphatic rings. The molecule has 9 nitrogen and oxygen atoms in total. The number of thiol groups is 1. The molecule has 0 aliphatic carbocycles. The number of carbonyl (C=O) groups is 4. The lowest BCUT2D eigenvalue weighted by Crippen LogP contribution is -2.36. The van der Waals surface area contributed by atoms with Gasteiger partial charge in [-0.15, -0.1) is 0 Å². The molecule has 0 amide bonds. The van der Waals surface area contributed by atoms with Crippen LogP contribution in [0.5, 0.6) is 0 Å². The van der Waals surface area contributed by atoms with Gasteiger partial charge in [0.25, 0.3) is 0 Å². The molecule has 0 N–H and O–H groups in total. The van der Waals surface area contributed by atoms with Gasteiger partial charge in [-0.25, -0.2) is 9.59 Å². The molecule has 0 saturated carbocycles. The van der Waals surface area contributed by atoms with Crippen LogP contribution in [0.15, 0.2) is 30.3 Å². The first-order valence-electron chi connectivity index (χ1n) is 11.9. The minimum absolute atomic E-state index is 0.00628. The number of nitrogens with zero attached hydrogens (tertiary/aromatic N) is 1. The number of rotatable bonds is 14. The van der Waals surface area contributed by atoms with E-state index in [0.29, 0.717) is 12.0 Å². The van der Waals surface area contributed by atoms with Crippen molar-refractivity contribution >= 4 is 47.4 Å². The maximum atomic E-state index is 12.7. The van der Waals surface area contributed by atoms with Gasteiger partial charge in [0.2, 0.25) is 6.79 Å². The van der Waals surface area contributed by atoms with Gasteiger partial charge in [0.1, 0.15) is 5.78 Å². The van der Waals surface area contributed by atoms with E-state index in [1.54, 1.807) is 44.2 Å². The van der Waals surface area contributed by atoms with Crippen molar-refractivity contribution in [2.75, 3.05) is 52.0 Å². The highest BCUT2D eigenvalue weighted by Crippen LogP contribution is 2.23. The molecular formula is C25H35NO8S2. The lowest BCUT2D eigenvalue weighted by Gasteiger charge is -2.26. The lowest BCUT2D eigenvalue weighted by atomic mass is 9.97. The van der Waals surface area contributed by atoms with Crippen LogP contribution >= 0.6 is 24.4 Å². The van der Waals surface area contributed by atoms with Crippen molar-refractivity contribution in [3.63, 3.8) is 0 Å². The normalized spacial score (nSPS) is 15.1. The zero-order valence-corrected chi connectivity index (χ0v) is 22.5. The van der Waals surface area contributed by atoms with Gasteiger partial charge < -0.3 is 18.9 Å². The fourth-order valence-corrected chi connectivity index (χ4v) is 4.05. The van der Waals surface area contributed by atoms with Crippen molar-refractivity contribution in [2.24, 2.45) is 5.92 Å². The summed E-state index contributed by atoms with van der Waals surface area (Å²) in [4.78, 5) is 51.5. The summed E-state index contributed by atoms with van der Waals surface area (Å²) in [6, 6.07) is 8.31. The first-order chi connectivity index (χ1) is 17.2. The number of ketones is 1. The number of carbonyl (C=O) groups excluding carboxylic acids is 4. The smallest absolute Gasteiger partial charge is 0.370 e. The fraction of sp³-hybridized carbons (Fsp3) is 0.600. The highest BCUT2D eigenvalue weighted by molar-refractivity contribution is 8.13. The van der Waals surface area contributed by atoms with Crippen LogP contribution in [0.1, 0.15) is 43.5 Å². The van der Waals surface area contributed by atoms with Crippen LogP contribution in [0.3, 0.4) is 0 Å². The Balaban J connectivity index is 1.75. The van der Waals surface area contributed by atoms with Gasteiger partial charge in [0.05, 0.1) is 36.0 Å². The second-order valence-corrected chi connectivity index (χ2v) is 10.9. The van der Waals surface area contributed by atoms with Crippen LogP contribution in [0.4, 0.5) is 4.79 Å². The predicted octanol–water partition coefficient (Wildman–Crippen LogP) is 3.61. The molecule has 1 aromatic rings. The summed E-state index contributed by atoms with van der Waals surface area (Å²) < 4.78 is 19.7. The molecule has 0 spiro atoms. The number of thioether (sulfide) groups is 1. The van der Waals surface area contributed by atoms with Crippen molar-refractivity contribution in [1.29, 1.82) is 0 Å². The molecular weight excluding hydrogens is 506 g/mol. The second-order valence-electron chi connectivity index (χ2n) is 8.83. The average Bonchev–Trinajstić information content (AvgIpc) is 2.86. The SMILES string of the molecule is CC(C)(S)C(=O)C[C@@H](CSC(=O)OCOC(=O)c1ccccc1)C(=O)OCCCCN1CCOCC1. The summed E-state index contributed by atoms with van der Waals surface area (Å²) >= 11 is 5.01. The van der Waals surface area contributed by atoms with Gasteiger partial charge in [-0.05, 0) is 57.1 Å². The van der Waals surface area contributed by atoms with Crippen LogP contribution in [-0.4, -0.2) is 84.7 Å².